The predicted octanol–water partition coefficient (Wildman–Crippen LogP) is 1.23. The molecular formula is C14H28N2O5. The Morgan fingerprint density at radius 2 is 1.90 bits per heavy atom. The Morgan fingerprint density at radius 3 is 2.48 bits per heavy atom. The van der Waals surface area contributed by atoms with Gasteiger partial charge in [-0.15, -0.1) is 0 Å². The number of methoxy groups -OCH3 is 1. The molecule has 0 aliphatic rings. The van der Waals surface area contributed by atoms with Gasteiger partial charge in [-0.05, 0) is 18.8 Å². The van der Waals surface area contributed by atoms with Crippen molar-refractivity contribution in [2.45, 2.75) is 39.2 Å². The molecule has 7 heteroatoms. The lowest BCUT2D eigenvalue weighted by atomic mass is 9.99. The number of carboxylic acid groups (broad SMARTS) is 1. The number of amides is 2. The molecule has 21 heavy (non-hydrogen) atoms. The van der Waals surface area contributed by atoms with Gasteiger partial charge >= 0.3 is 12.0 Å². The third kappa shape index (κ3) is 10.1. The van der Waals surface area contributed by atoms with E-state index in [-0.39, 0.29) is 5.92 Å². The molecule has 0 spiro atoms. The highest BCUT2D eigenvalue weighted by atomic mass is 16.5. The minimum Gasteiger partial charge on any atom is -0.480 e. The van der Waals surface area contributed by atoms with Crippen LogP contribution in [0.3, 0.4) is 0 Å². The molecule has 2 atom stereocenters. The van der Waals surface area contributed by atoms with E-state index in [0.717, 1.165) is 12.8 Å². The van der Waals surface area contributed by atoms with Gasteiger partial charge in [0.2, 0.25) is 0 Å². The molecule has 124 valence electrons. The van der Waals surface area contributed by atoms with Crippen molar-refractivity contribution >= 4 is 12.0 Å². The summed E-state index contributed by atoms with van der Waals surface area (Å²) in [5, 5.41) is 14.2. The summed E-state index contributed by atoms with van der Waals surface area (Å²) in [4.78, 5) is 22.7. The first-order valence-electron chi connectivity index (χ1n) is 7.36. The largest absolute Gasteiger partial charge is 0.480 e. The third-order valence-corrected chi connectivity index (χ3v) is 3.20. The van der Waals surface area contributed by atoms with Crippen LogP contribution in [-0.2, 0) is 14.3 Å². The molecule has 3 N–H and O–H groups in total. The maximum Gasteiger partial charge on any atom is 0.326 e. The van der Waals surface area contributed by atoms with Crippen molar-refractivity contribution in [1.82, 2.24) is 10.6 Å². The predicted molar refractivity (Wildman–Crippen MR) is 79.3 cm³/mol. The van der Waals surface area contributed by atoms with Gasteiger partial charge in [0.05, 0.1) is 13.2 Å². The van der Waals surface area contributed by atoms with Gasteiger partial charge in [0.15, 0.2) is 0 Å². The average molecular weight is 304 g/mol. The highest BCUT2D eigenvalue weighted by Crippen LogP contribution is 2.07. The minimum absolute atomic E-state index is 0.109. The van der Waals surface area contributed by atoms with Crippen molar-refractivity contribution < 1.29 is 24.2 Å². The minimum atomic E-state index is -1.01. The standard InChI is InChI=1S/C14H28N2O5/c1-4-11(2)12(13(17)18)16-14(19)15-7-5-6-8-21-10-9-20-3/h11-12H,4-10H2,1-3H3,(H,17,18)(H2,15,16,19). The summed E-state index contributed by atoms with van der Waals surface area (Å²) in [5.41, 5.74) is 0. The maximum atomic E-state index is 11.6. The molecule has 0 heterocycles. The molecule has 0 aromatic rings. The number of aliphatic carboxylic acids is 1. The lowest BCUT2D eigenvalue weighted by molar-refractivity contribution is -0.140. The zero-order chi connectivity index (χ0) is 16.1. The van der Waals surface area contributed by atoms with E-state index >= 15 is 0 Å². The van der Waals surface area contributed by atoms with Crippen molar-refractivity contribution in [1.29, 1.82) is 0 Å². The van der Waals surface area contributed by atoms with Gasteiger partial charge in [0.1, 0.15) is 6.04 Å². The molecule has 0 rings (SSSR count). The average Bonchev–Trinajstić information content (AvgIpc) is 2.46. The Kier molecular flexibility index (Phi) is 11.6. The van der Waals surface area contributed by atoms with Crippen molar-refractivity contribution in [2.75, 3.05) is 33.5 Å². The monoisotopic (exact) mass is 304 g/mol. The number of rotatable bonds is 12. The second kappa shape index (κ2) is 12.4. The van der Waals surface area contributed by atoms with Crippen molar-refractivity contribution in [2.24, 2.45) is 5.92 Å². The van der Waals surface area contributed by atoms with Crippen LogP contribution in [0.2, 0.25) is 0 Å². The van der Waals surface area contributed by atoms with E-state index in [2.05, 4.69) is 10.6 Å². The lowest BCUT2D eigenvalue weighted by Crippen LogP contribution is -2.49. The van der Waals surface area contributed by atoms with Crippen LogP contribution in [0.25, 0.3) is 0 Å². The molecule has 0 aliphatic heterocycles. The number of ether oxygens (including phenoxy) is 2. The first-order chi connectivity index (χ1) is 10.0. The van der Waals surface area contributed by atoms with Crippen LogP contribution < -0.4 is 10.6 Å². The Bertz CT molecular complexity index is 299. The quantitative estimate of drug-likeness (QED) is 0.471. The van der Waals surface area contributed by atoms with E-state index in [9.17, 15) is 9.59 Å². The van der Waals surface area contributed by atoms with Crippen LogP contribution in [0, 0.1) is 5.92 Å². The van der Waals surface area contributed by atoms with E-state index < -0.39 is 18.0 Å². The van der Waals surface area contributed by atoms with Gasteiger partial charge in [-0.25, -0.2) is 9.59 Å². The van der Waals surface area contributed by atoms with Crippen LogP contribution in [0.5, 0.6) is 0 Å². The summed E-state index contributed by atoms with van der Waals surface area (Å²) in [6.45, 7) is 5.95. The summed E-state index contributed by atoms with van der Waals surface area (Å²) >= 11 is 0. The Hall–Kier alpha value is -1.34. The fourth-order valence-corrected chi connectivity index (χ4v) is 1.65. The zero-order valence-corrected chi connectivity index (χ0v) is 13.2. The van der Waals surface area contributed by atoms with Crippen molar-refractivity contribution in [3.8, 4) is 0 Å². The topological polar surface area (TPSA) is 96.9 Å². The second-order valence-corrected chi connectivity index (χ2v) is 4.91. The van der Waals surface area contributed by atoms with Gasteiger partial charge in [-0.1, -0.05) is 20.3 Å². The molecule has 2 amide bonds. The smallest absolute Gasteiger partial charge is 0.326 e. The van der Waals surface area contributed by atoms with Crippen LogP contribution in [0.1, 0.15) is 33.1 Å². The molecule has 0 aromatic heterocycles. The van der Waals surface area contributed by atoms with Crippen LogP contribution in [0.4, 0.5) is 4.79 Å². The summed E-state index contributed by atoms with van der Waals surface area (Å²) in [6, 6.07) is -1.30. The van der Waals surface area contributed by atoms with E-state index in [1.807, 2.05) is 6.92 Å². The molecular weight excluding hydrogens is 276 g/mol. The molecule has 0 aliphatic carbocycles. The summed E-state index contributed by atoms with van der Waals surface area (Å²) in [6.07, 6.45) is 2.30. The van der Waals surface area contributed by atoms with Crippen molar-refractivity contribution in [3.63, 3.8) is 0 Å². The molecule has 0 radical (unpaired) electrons. The number of hydrogen-bond acceptors (Lipinski definition) is 4. The number of carboxylic acids is 1. The zero-order valence-electron chi connectivity index (χ0n) is 13.2. The van der Waals surface area contributed by atoms with Gasteiger partial charge in [0.25, 0.3) is 0 Å². The molecule has 7 nitrogen and oxygen atoms in total. The third-order valence-electron chi connectivity index (χ3n) is 3.20. The highest BCUT2D eigenvalue weighted by Gasteiger charge is 2.24. The lowest BCUT2D eigenvalue weighted by Gasteiger charge is -2.20. The van der Waals surface area contributed by atoms with E-state index in [0.29, 0.717) is 32.8 Å². The van der Waals surface area contributed by atoms with Gasteiger partial charge < -0.3 is 25.2 Å². The maximum absolute atomic E-state index is 11.6. The first kappa shape index (κ1) is 19.7. The van der Waals surface area contributed by atoms with Crippen LogP contribution in [0.15, 0.2) is 0 Å². The Morgan fingerprint density at radius 1 is 1.19 bits per heavy atom. The second-order valence-electron chi connectivity index (χ2n) is 4.91. The number of unbranched alkanes of at least 4 members (excludes halogenated alkanes) is 1. The highest BCUT2D eigenvalue weighted by molar-refractivity contribution is 5.82. The van der Waals surface area contributed by atoms with Crippen molar-refractivity contribution in [3.05, 3.63) is 0 Å². The van der Waals surface area contributed by atoms with E-state index in [1.54, 1.807) is 14.0 Å². The summed E-state index contributed by atoms with van der Waals surface area (Å²) < 4.78 is 10.1. The molecule has 0 fully saturated rings. The number of urea groups is 1. The first-order valence-corrected chi connectivity index (χ1v) is 7.36. The number of nitrogens with one attached hydrogen (secondary N) is 2. The normalized spacial score (nSPS) is 13.5. The molecule has 2 unspecified atom stereocenters. The molecule has 0 aromatic carbocycles. The Balaban J connectivity index is 3.71. The van der Waals surface area contributed by atoms with E-state index in [1.165, 1.54) is 0 Å². The summed E-state index contributed by atoms with van der Waals surface area (Å²) in [5.74, 6) is -1.12. The molecule has 0 saturated heterocycles. The van der Waals surface area contributed by atoms with E-state index in [4.69, 9.17) is 14.6 Å². The van der Waals surface area contributed by atoms with Gasteiger partial charge in [-0.3, -0.25) is 0 Å². The SMILES string of the molecule is CCC(C)C(NC(=O)NCCCCOCCOC)C(=O)O. The fourth-order valence-electron chi connectivity index (χ4n) is 1.65. The number of carbonyl (C=O) groups is 2. The molecule has 0 saturated carbocycles. The molecule has 0 bridgehead atoms. The number of hydrogen-bond donors (Lipinski definition) is 3. The number of carbonyl (C=O) groups excluding carboxylic acids is 1. The summed E-state index contributed by atoms with van der Waals surface area (Å²) in [7, 11) is 1.62. The van der Waals surface area contributed by atoms with Gasteiger partial charge in [0, 0.05) is 20.3 Å². The van der Waals surface area contributed by atoms with Crippen LogP contribution in [-0.4, -0.2) is 56.6 Å². The fraction of sp³-hybridized carbons (Fsp3) is 0.857. The van der Waals surface area contributed by atoms with Gasteiger partial charge in [-0.2, -0.15) is 0 Å². The Labute approximate surface area is 126 Å². The van der Waals surface area contributed by atoms with Crippen LogP contribution >= 0.6 is 0 Å².